The standard InChI is InChI=1S/C15H25NO3S.C12H21N3O4.C10H11BrN2O/c1-3-4-5-6-7-8-12-11-13(12)14(17)16-20(18,19)15(2)9-10-15;1-12(2,3)19-11(18)14-7-9(16)15-6-4-5-8(15)10(13)17;1-6(2)13-8-5-3-4-7(11)9(8)12-10(13)14/h7-8,12-13H,3-6,9-11H2,1-2H3,(H,16,17);8H,4-7H2,1-3H3,(H2,13,17)(H,14,18);3-6H,1-2H3,(H,12,14)/b8-7-;;. The quantitative estimate of drug-likeness (QED) is 0.161. The Morgan fingerprint density at radius 3 is 2.43 bits per heavy atom. The third-order valence-corrected chi connectivity index (χ3v) is 12.1. The van der Waals surface area contributed by atoms with E-state index in [1.165, 1.54) is 24.2 Å². The molecule has 2 aromatic rings. The summed E-state index contributed by atoms with van der Waals surface area (Å²) >= 11 is 3.41. The lowest BCUT2D eigenvalue weighted by Crippen LogP contribution is -2.48. The maximum Gasteiger partial charge on any atom is 0.408 e. The second-order valence-electron chi connectivity index (χ2n) is 15.4. The van der Waals surface area contributed by atoms with Gasteiger partial charge in [-0.05, 0) is 120 Å². The highest BCUT2D eigenvalue weighted by Crippen LogP contribution is 2.44. The number of halogens is 1. The number of carbonyl (C=O) groups excluding carboxylic acids is 4. The van der Waals surface area contributed by atoms with Gasteiger partial charge >= 0.3 is 11.8 Å². The highest BCUT2D eigenvalue weighted by atomic mass is 79.9. The van der Waals surface area contributed by atoms with E-state index in [-0.39, 0.29) is 41.9 Å². The number of nitrogens with two attached hydrogens (primary N) is 1. The van der Waals surface area contributed by atoms with Crippen LogP contribution in [0, 0.1) is 11.8 Å². The smallest absolute Gasteiger partial charge is 0.408 e. The molecule has 0 spiro atoms. The predicted molar refractivity (Wildman–Crippen MR) is 208 cm³/mol. The summed E-state index contributed by atoms with van der Waals surface area (Å²) in [6.07, 6.45) is 11.6. The van der Waals surface area contributed by atoms with Gasteiger partial charge < -0.3 is 25.7 Å². The van der Waals surface area contributed by atoms with Gasteiger partial charge in [-0.15, -0.1) is 0 Å². The van der Waals surface area contributed by atoms with Gasteiger partial charge in [0.15, 0.2) is 0 Å². The van der Waals surface area contributed by atoms with Crippen molar-refractivity contribution in [2.24, 2.45) is 17.6 Å². The molecule has 0 radical (unpaired) electrons. The van der Waals surface area contributed by atoms with Crippen molar-refractivity contribution in [3.63, 3.8) is 0 Å². The normalized spacial score (nSPS) is 20.2. The highest BCUT2D eigenvalue weighted by molar-refractivity contribution is 9.10. The number of para-hydroxylation sites is 1. The van der Waals surface area contributed by atoms with Crippen molar-refractivity contribution in [1.29, 1.82) is 0 Å². The van der Waals surface area contributed by atoms with Crippen LogP contribution in [0.4, 0.5) is 4.79 Å². The minimum atomic E-state index is -3.47. The molecule has 3 atom stereocenters. The summed E-state index contributed by atoms with van der Waals surface area (Å²) in [4.78, 5) is 62.2. The molecule has 53 heavy (non-hydrogen) atoms. The number of aromatic nitrogens is 2. The molecule has 5 N–H and O–H groups in total. The van der Waals surface area contributed by atoms with Gasteiger partial charge in [0.1, 0.15) is 18.2 Å². The van der Waals surface area contributed by atoms with Gasteiger partial charge in [0, 0.05) is 23.0 Å². The average Bonchev–Trinajstić information content (AvgIpc) is 3.91. The van der Waals surface area contributed by atoms with Crippen molar-refractivity contribution in [2.45, 2.75) is 129 Å². The number of H-pyrrole nitrogens is 1. The lowest BCUT2D eigenvalue weighted by molar-refractivity contribution is -0.136. The number of rotatable bonds is 12. The highest BCUT2D eigenvalue weighted by Gasteiger charge is 2.52. The Hall–Kier alpha value is -3.66. The number of imidazole rings is 1. The SMILES string of the molecule is CC(C)(C)OC(=O)NCC(=O)N1CCCC1C(N)=O.CC(C)n1c(=O)[nH]c2c(Br)cccc21.CCCCC/C=C\C1CC1C(=O)NS(=O)(=O)C1(C)CC1. The summed E-state index contributed by atoms with van der Waals surface area (Å²) < 4.78 is 33.1. The van der Waals surface area contributed by atoms with E-state index in [1.807, 2.05) is 32.0 Å². The number of nitrogens with one attached hydrogen (secondary N) is 3. The number of primary amides is 1. The first-order valence-electron chi connectivity index (χ1n) is 18.4. The summed E-state index contributed by atoms with van der Waals surface area (Å²) in [5.74, 6) is -1.06. The average molecular weight is 826 g/mol. The van der Waals surface area contributed by atoms with E-state index in [2.05, 4.69) is 50.0 Å². The zero-order valence-electron chi connectivity index (χ0n) is 32.0. The van der Waals surface area contributed by atoms with E-state index < -0.39 is 38.4 Å². The Kier molecular flexibility index (Phi) is 15.3. The fourth-order valence-electron chi connectivity index (χ4n) is 5.84. The van der Waals surface area contributed by atoms with E-state index in [0.717, 1.165) is 34.8 Å². The van der Waals surface area contributed by atoms with Crippen molar-refractivity contribution >= 4 is 60.8 Å². The minimum Gasteiger partial charge on any atom is -0.444 e. The van der Waals surface area contributed by atoms with Crippen LogP contribution in [0.3, 0.4) is 0 Å². The lowest BCUT2D eigenvalue weighted by Gasteiger charge is -2.23. The van der Waals surface area contributed by atoms with Gasteiger partial charge in [-0.1, -0.05) is 38.0 Å². The summed E-state index contributed by atoms with van der Waals surface area (Å²) in [6, 6.07) is 5.40. The Bertz CT molecular complexity index is 1810. The number of aromatic amines is 1. The molecule has 3 fully saturated rings. The van der Waals surface area contributed by atoms with Crippen LogP contribution in [0.1, 0.15) is 112 Å². The van der Waals surface area contributed by atoms with Crippen LogP contribution in [0.25, 0.3) is 11.0 Å². The molecule has 16 heteroatoms. The van der Waals surface area contributed by atoms with Crippen molar-refractivity contribution in [3.05, 3.63) is 45.3 Å². The molecule has 3 unspecified atom stereocenters. The molecule has 1 saturated heterocycles. The molecule has 1 aromatic heterocycles. The van der Waals surface area contributed by atoms with Crippen molar-refractivity contribution in [2.75, 3.05) is 13.1 Å². The number of hydrogen-bond acceptors (Lipinski definition) is 8. The van der Waals surface area contributed by atoms with Crippen LogP contribution in [-0.4, -0.2) is 76.2 Å². The number of unbranched alkanes of at least 4 members (excludes halogenated alkanes) is 3. The zero-order valence-corrected chi connectivity index (χ0v) is 34.4. The van der Waals surface area contributed by atoms with Gasteiger partial charge in [-0.3, -0.25) is 23.7 Å². The van der Waals surface area contributed by atoms with Crippen LogP contribution in [0.2, 0.25) is 0 Å². The lowest BCUT2D eigenvalue weighted by atomic mass is 10.2. The van der Waals surface area contributed by atoms with Crippen LogP contribution in [0.5, 0.6) is 0 Å². The van der Waals surface area contributed by atoms with Gasteiger partial charge in [-0.2, -0.15) is 0 Å². The summed E-state index contributed by atoms with van der Waals surface area (Å²) in [6.45, 7) is 13.4. The van der Waals surface area contributed by atoms with Gasteiger partial charge in [0.25, 0.3) is 0 Å². The number of hydrogen-bond donors (Lipinski definition) is 4. The number of benzene rings is 1. The summed E-state index contributed by atoms with van der Waals surface area (Å²) in [7, 11) is -3.47. The van der Waals surface area contributed by atoms with E-state index in [0.29, 0.717) is 25.8 Å². The number of fused-ring (bicyclic) bond motifs is 1. The fraction of sp³-hybridized carbons (Fsp3) is 0.649. The molecule has 2 heterocycles. The number of sulfonamides is 1. The maximum atomic E-state index is 11.9. The fourth-order valence-corrected chi connectivity index (χ4v) is 7.60. The first kappa shape index (κ1) is 43.7. The Morgan fingerprint density at radius 1 is 1.17 bits per heavy atom. The molecular formula is C37H57BrN6O8S. The molecular weight excluding hydrogens is 768 g/mol. The number of likely N-dealkylation sites (tertiary alicyclic amines) is 1. The number of nitrogens with zero attached hydrogens (tertiary/aromatic N) is 2. The van der Waals surface area contributed by atoms with Crippen molar-refractivity contribution in [3.8, 4) is 0 Å². The predicted octanol–water partition coefficient (Wildman–Crippen LogP) is 5.42. The number of amides is 4. The monoisotopic (exact) mass is 824 g/mol. The van der Waals surface area contributed by atoms with E-state index in [9.17, 15) is 32.4 Å². The van der Waals surface area contributed by atoms with Crippen LogP contribution < -0.4 is 21.5 Å². The molecule has 2 saturated carbocycles. The van der Waals surface area contributed by atoms with Gasteiger partial charge in [0.2, 0.25) is 27.7 Å². The van der Waals surface area contributed by atoms with E-state index in [1.54, 1.807) is 32.3 Å². The maximum absolute atomic E-state index is 11.9. The Balaban J connectivity index is 0.000000217. The molecule has 0 bridgehead atoms. The number of carbonyl (C=O) groups is 4. The molecule has 3 aliphatic rings. The Labute approximate surface area is 321 Å². The second-order valence-corrected chi connectivity index (χ2v) is 18.4. The van der Waals surface area contributed by atoms with E-state index >= 15 is 0 Å². The first-order chi connectivity index (χ1) is 24.7. The molecule has 296 valence electrons. The van der Waals surface area contributed by atoms with Gasteiger partial charge in [0.05, 0.1) is 15.8 Å². The largest absolute Gasteiger partial charge is 0.444 e. The third-order valence-electron chi connectivity index (χ3n) is 9.27. The van der Waals surface area contributed by atoms with Crippen LogP contribution in [0.15, 0.2) is 39.6 Å². The van der Waals surface area contributed by atoms with Gasteiger partial charge in [-0.25, -0.2) is 18.0 Å². The summed E-state index contributed by atoms with van der Waals surface area (Å²) in [5.41, 5.74) is 6.36. The minimum absolute atomic E-state index is 0.0538. The molecule has 1 aromatic carbocycles. The molecule has 14 nitrogen and oxygen atoms in total. The summed E-state index contributed by atoms with van der Waals surface area (Å²) in [5, 5.41) is 2.37. The Morgan fingerprint density at radius 2 is 1.85 bits per heavy atom. The second kappa shape index (κ2) is 18.6. The molecule has 1 aliphatic heterocycles. The molecule has 5 rings (SSSR count). The molecule has 2 aliphatic carbocycles. The third kappa shape index (κ3) is 12.7. The van der Waals surface area contributed by atoms with Crippen molar-refractivity contribution in [1.82, 2.24) is 24.5 Å². The number of allylic oxidation sites excluding steroid dienone is 2. The van der Waals surface area contributed by atoms with E-state index in [4.69, 9.17) is 10.5 Å². The van der Waals surface area contributed by atoms with Crippen LogP contribution in [-0.2, 0) is 29.1 Å². The number of alkyl carbamates (subject to hydrolysis) is 1. The first-order valence-corrected chi connectivity index (χ1v) is 20.7. The zero-order chi connectivity index (χ0) is 39.7. The van der Waals surface area contributed by atoms with Crippen LogP contribution >= 0.6 is 15.9 Å². The topological polar surface area (TPSA) is 203 Å². The number of ether oxygens (including phenoxy) is 1. The van der Waals surface area contributed by atoms with Crippen molar-refractivity contribution < 1.29 is 32.3 Å². The molecule has 4 amide bonds.